The van der Waals surface area contributed by atoms with E-state index in [0.717, 1.165) is 96.0 Å². The van der Waals surface area contributed by atoms with Crippen molar-refractivity contribution in [2.75, 3.05) is 26.4 Å². The third kappa shape index (κ3) is 36.1. The molecule has 2 saturated heterocycles. The molecule has 18 unspecified atom stereocenters. The molecule has 0 bridgehead atoms. The summed E-state index contributed by atoms with van der Waals surface area (Å²) in [5, 5.41) is 110. The van der Waals surface area contributed by atoms with E-state index in [2.05, 4.69) is 20.8 Å². The van der Waals surface area contributed by atoms with Gasteiger partial charge in [-0.15, -0.1) is 0 Å². The van der Waals surface area contributed by atoms with Crippen LogP contribution in [0, 0.1) is 0 Å². The number of phosphoric ester groups is 1. The molecule has 11 N–H and O–H groups in total. The van der Waals surface area contributed by atoms with Crippen LogP contribution in [0.4, 0.5) is 0 Å². The molecule has 0 aromatic rings. The number of allylic oxidation sites excluding steroid dienone is 3. The maximum absolute atomic E-state index is 14.3. The third-order valence-corrected chi connectivity index (χ3v) is 19.1. The van der Waals surface area contributed by atoms with E-state index in [0.29, 0.717) is 12.8 Å². The second kappa shape index (κ2) is 52.4. The van der Waals surface area contributed by atoms with E-state index in [9.17, 15) is 74.9 Å². The molecule has 3 rings (SSSR count). The Morgan fingerprint density at radius 1 is 0.432 bits per heavy atom. The average Bonchev–Trinajstić information content (AvgIpc) is 0.771. The maximum atomic E-state index is 14.3. The summed E-state index contributed by atoms with van der Waals surface area (Å²) in [5.41, 5.74) is 0. The number of ether oxygens (including phenoxy) is 7. The molecule has 0 amide bonds. The van der Waals surface area contributed by atoms with Gasteiger partial charge in [-0.2, -0.15) is 0 Å². The highest BCUT2D eigenvalue weighted by Crippen LogP contribution is 2.49. The van der Waals surface area contributed by atoms with Crippen molar-refractivity contribution < 1.29 is 117 Å². The van der Waals surface area contributed by atoms with Crippen LogP contribution in [0.3, 0.4) is 0 Å². The Morgan fingerprint density at radius 2 is 0.811 bits per heavy atom. The van der Waals surface area contributed by atoms with Gasteiger partial charge in [-0.1, -0.05) is 251 Å². The number of hydrogen-bond acceptors (Lipinski definition) is 23. The Bertz CT molecular complexity index is 2070. The largest absolute Gasteiger partial charge is 0.472 e. The lowest BCUT2D eigenvalue weighted by Gasteiger charge is -2.49. The van der Waals surface area contributed by atoms with Gasteiger partial charge in [-0.3, -0.25) is 18.6 Å². The molecule has 0 aromatic heterocycles. The van der Waals surface area contributed by atoms with Gasteiger partial charge in [0.25, 0.3) is 0 Å². The van der Waals surface area contributed by atoms with Gasteiger partial charge in [0.15, 0.2) is 18.7 Å². The van der Waals surface area contributed by atoms with Crippen molar-refractivity contribution in [3.05, 3.63) is 24.3 Å². The number of hydrogen-bond donors (Lipinski definition) is 11. The van der Waals surface area contributed by atoms with Crippen molar-refractivity contribution in [2.45, 2.75) is 375 Å². The van der Waals surface area contributed by atoms with Gasteiger partial charge in [-0.25, -0.2) is 9.36 Å². The zero-order chi connectivity index (χ0) is 69.6. The number of carbonyl (C=O) groups is 3. The van der Waals surface area contributed by atoms with Crippen LogP contribution >= 0.6 is 7.82 Å². The molecule has 24 nitrogen and oxygen atoms in total. The highest BCUT2D eigenvalue weighted by Gasteiger charge is 2.58. The van der Waals surface area contributed by atoms with Gasteiger partial charge in [-0.05, 0) is 25.7 Å². The number of aliphatic hydroxyl groups is 10. The molecule has 25 heteroatoms. The Labute approximate surface area is 566 Å². The summed E-state index contributed by atoms with van der Waals surface area (Å²) >= 11 is 0. The van der Waals surface area contributed by atoms with Crippen molar-refractivity contribution in [1.29, 1.82) is 0 Å². The molecule has 0 spiro atoms. The Hall–Kier alpha value is -2.56. The van der Waals surface area contributed by atoms with Crippen LogP contribution in [-0.4, -0.2) is 204 Å². The first-order chi connectivity index (χ1) is 45.8. The van der Waals surface area contributed by atoms with Crippen molar-refractivity contribution in [1.82, 2.24) is 0 Å². The smallest absolute Gasteiger partial charge is 0.463 e. The molecule has 0 aromatic carbocycles. The number of esters is 3. The molecule has 18 atom stereocenters. The van der Waals surface area contributed by atoms with Crippen LogP contribution in [0.5, 0.6) is 0 Å². The van der Waals surface area contributed by atoms with Crippen LogP contribution in [0.1, 0.15) is 271 Å². The zero-order valence-corrected chi connectivity index (χ0v) is 58.6. The lowest BCUT2D eigenvalue weighted by Crippen LogP contribution is -2.69. The fourth-order valence-corrected chi connectivity index (χ4v) is 13.0. The number of aliphatic hydroxyl groups excluding tert-OH is 10. The van der Waals surface area contributed by atoms with E-state index in [1.54, 1.807) is 6.08 Å². The summed E-state index contributed by atoms with van der Waals surface area (Å²) in [5.74, 6) is -2.24. The molecule has 3 fully saturated rings. The average molecular weight is 1380 g/mol. The summed E-state index contributed by atoms with van der Waals surface area (Å²) in [6, 6.07) is 0. The first kappa shape index (κ1) is 86.7. The lowest BCUT2D eigenvalue weighted by molar-refractivity contribution is -0.360. The molecule has 1 saturated carbocycles. The monoisotopic (exact) mass is 1380 g/mol. The highest BCUT2D eigenvalue weighted by atomic mass is 31.2. The number of unbranched alkanes of at least 4 members (excludes halogenated alkanes) is 34. The number of phosphoric acid groups is 1. The summed E-state index contributed by atoms with van der Waals surface area (Å²) in [7, 11) is -5.71. The molecule has 1 aliphatic carbocycles. The normalized spacial score (nSPS) is 28.2. The fraction of sp³-hybridized carbons (Fsp3) is 0.900. The fourth-order valence-electron chi connectivity index (χ4n) is 12.1. The van der Waals surface area contributed by atoms with Crippen molar-refractivity contribution >= 4 is 25.7 Å². The van der Waals surface area contributed by atoms with E-state index in [4.69, 9.17) is 42.2 Å². The van der Waals surface area contributed by atoms with E-state index in [-0.39, 0.29) is 12.8 Å². The Balaban J connectivity index is 1.77. The van der Waals surface area contributed by atoms with Crippen LogP contribution in [0.2, 0.25) is 0 Å². The van der Waals surface area contributed by atoms with Gasteiger partial charge in [0, 0.05) is 18.9 Å². The SMILES string of the molecule is CCCCCCCCCCCCC/C=C/C=C/C(=O)OCC(COP(=O)(O)OC1C(OC2OC(CO)C(O)C(O)C2O)C(O)C(O)C(O)C1OC1OC(COC(=O)CCCCCCCCCCCCCC)C(O)C(O)C1O)OC(=O)CCCCCCCCCCCCCCC. The second-order valence-corrected chi connectivity index (χ2v) is 27.8. The summed E-state index contributed by atoms with van der Waals surface area (Å²) < 4.78 is 64.7. The quantitative estimate of drug-likeness (QED) is 0.00674. The second-order valence-electron chi connectivity index (χ2n) is 26.4. The standard InChI is InChI=1S/C70H127O24P/c1-4-7-10-13-16-19-22-25-26-28-30-33-35-38-41-44-54(72)86-48-51(89-56(74)46-43-40-37-34-31-27-23-20-17-14-11-8-5-2)49-88-95(84,85)94-68-66(92-69-64(82)59(77)57(75)52(47-71)90-69)62(80)61(79)63(81)67(68)93-70-65(83)60(78)58(76)53(91-70)50-87-55(73)45-42-39-36-32-29-24-21-18-15-12-9-6-3/h35,38,41,44,51-53,57-71,75-83H,4-34,36-37,39-40,42-43,45-50H2,1-3H3,(H,84,85)/b38-35+,44-41+. The minimum absolute atomic E-state index is 0.0283. The third-order valence-electron chi connectivity index (χ3n) is 18.1. The van der Waals surface area contributed by atoms with E-state index >= 15 is 0 Å². The van der Waals surface area contributed by atoms with Gasteiger partial charge >= 0.3 is 25.7 Å². The van der Waals surface area contributed by atoms with Gasteiger partial charge in [0.2, 0.25) is 0 Å². The van der Waals surface area contributed by atoms with Crippen molar-refractivity contribution in [3.63, 3.8) is 0 Å². The van der Waals surface area contributed by atoms with E-state index in [1.807, 2.05) is 6.08 Å². The van der Waals surface area contributed by atoms with Crippen molar-refractivity contribution in [3.8, 4) is 0 Å². The molecule has 2 aliphatic heterocycles. The molecule has 556 valence electrons. The van der Waals surface area contributed by atoms with Crippen LogP contribution < -0.4 is 0 Å². The summed E-state index contributed by atoms with van der Waals surface area (Å²) in [4.78, 5) is 50.8. The Kier molecular flexibility index (Phi) is 47.8. The molecule has 95 heavy (non-hydrogen) atoms. The topological polar surface area (TPSA) is 374 Å². The predicted molar refractivity (Wildman–Crippen MR) is 356 cm³/mol. The van der Waals surface area contributed by atoms with Crippen LogP contribution in [-0.2, 0) is 61.2 Å². The maximum Gasteiger partial charge on any atom is 0.472 e. The van der Waals surface area contributed by atoms with Gasteiger partial charge < -0.3 is 89.1 Å². The zero-order valence-electron chi connectivity index (χ0n) is 57.7. The molecule has 0 radical (unpaired) electrons. The number of rotatable bonds is 56. The van der Waals surface area contributed by atoms with Crippen LogP contribution in [0.25, 0.3) is 0 Å². The molecule has 2 heterocycles. The van der Waals surface area contributed by atoms with Gasteiger partial charge in [0.05, 0.1) is 13.2 Å². The molecular weight excluding hydrogens is 1260 g/mol. The van der Waals surface area contributed by atoms with E-state index in [1.165, 1.54) is 141 Å². The first-order valence-electron chi connectivity index (χ1n) is 36.7. The summed E-state index contributed by atoms with van der Waals surface area (Å²) in [6.45, 7) is 3.31. The lowest BCUT2D eigenvalue weighted by atomic mass is 9.84. The highest BCUT2D eigenvalue weighted by molar-refractivity contribution is 7.47. The minimum Gasteiger partial charge on any atom is -0.463 e. The van der Waals surface area contributed by atoms with Gasteiger partial charge in [0.1, 0.15) is 98.7 Å². The van der Waals surface area contributed by atoms with Crippen molar-refractivity contribution in [2.24, 2.45) is 0 Å². The number of carbonyl (C=O) groups excluding carboxylic acids is 3. The molecular formula is C70H127O24P. The predicted octanol–water partition coefficient (Wildman–Crippen LogP) is 9.35. The van der Waals surface area contributed by atoms with E-state index < -0.39 is 156 Å². The minimum atomic E-state index is -5.71. The Morgan fingerprint density at radius 3 is 1.24 bits per heavy atom. The first-order valence-corrected chi connectivity index (χ1v) is 38.2. The van der Waals surface area contributed by atoms with Crippen LogP contribution in [0.15, 0.2) is 24.3 Å². The summed E-state index contributed by atoms with van der Waals surface area (Å²) in [6.07, 6.45) is 11.9. The molecule has 3 aliphatic rings.